The Labute approximate surface area is 121 Å². The van der Waals surface area contributed by atoms with Gasteiger partial charge in [-0.3, -0.25) is 4.68 Å². The van der Waals surface area contributed by atoms with E-state index in [0.717, 1.165) is 37.9 Å². The molecule has 1 aromatic carbocycles. The molecular formula is C17H26N2O. The molecule has 0 unspecified atom stereocenters. The zero-order chi connectivity index (χ0) is 14.6. The number of para-hydroxylation sites is 1. The number of hydrogen-bond acceptors (Lipinski definition) is 2. The molecular weight excluding hydrogens is 248 g/mol. The molecule has 0 atom stereocenters. The van der Waals surface area contributed by atoms with Crippen molar-refractivity contribution in [2.24, 2.45) is 0 Å². The number of aromatic nitrogens is 2. The second-order valence-electron chi connectivity index (χ2n) is 5.68. The number of benzene rings is 1. The van der Waals surface area contributed by atoms with Crippen molar-refractivity contribution in [1.29, 1.82) is 0 Å². The van der Waals surface area contributed by atoms with E-state index in [0.29, 0.717) is 6.42 Å². The highest BCUT2D eigenvalue weighted by molar-refractivity contribution is 5.82. The van der Waals surface area contributed by atoms with Crippen LogP contribution in [0.4, 0.5) is 0 Å². The molecule has 0 saturated carbocycles. The molecule has 0 aliphatic carbocycles. The molecule has 0 spiro atoms. The lowest BCUT2D eigenvalue weighted by atomic mass is 9.87. The van der Waals surface area contributed by atoms with Crippen LogP contribution in [0.2, 0.25) is 0 Å². The first-order valence-electron chi connectivity index (χ1n) is 7.80. The molecule has 0 aliphatic heterocycles. The quantitative estimate of drug-likeness (QED) is 0.830. The predicted molar refractivity (Wildman–Crippen MR) is 83.9 cm³/mol. The topological polar surface area (TPSA) is 38.1 Å². The Morgan fingerprint density at radius 1 is 1.10 bits per heavy atom. The monoisotopic (exact) mass is 274 g/mol. The van der Waals surface area contributed by atoms with E-state index in [1.807, 2.05) is 16.8 Å². The molecule has 3 heteroatoms. The highest BCUT2D eigenvalue weighted by Crippen LogP contribution is 2.28. The Morgan fingerprint density at radius 2 is 1.75 bits per heavy atom. The van der Waals surface area contributed by atoms with Crippen molar-refractivity contribution in [2.75, 3.05) is 0 Å². The van der Waals surface area contributed by atoms with E-state index in [2.05, 4.69) is 32.9 Å². The fourth-order valence-electron chi connectivity index (χ4n) is 3.11. The second-order valence-corrected chi connectivity index (χ2v) is 5.68. The fourth-order valence-corrected chi connectivity index (χ4v) is 3.11. The third kappa shape index (κ3) is 3.04. The zero-order valence-corrected chi connectivity index (χ0v) is 12.9. The Balaban J connectivity index is 2.37. The molecule has 2 rings (SSSR count). The molecule has 1 heterocycles. The van der Waals surface area contributed by atoms with Gasteiger partial charge in [0.2, 0.25) is 0 Å². The smallest absolute Gasteiger partial charge is 0.0731 e. The van der Waals surface area contributed by atoms with Crippen LogP contribution in [0.15, 0.2) is 24.3 Å². The number of aryl methyl sites for hydroxylation is 1. The average Bonchev–Trinajstić information content (AvgIpc) is 2.77. The summed E-state index contributed by atoms with van der Waals surface area (Å²) in [5.41, 5.74) is 1.59. The number of aliphatic hydroxyl groups is 1. The van der Waals surface area contributed by atoms with Gasteiger partial charge in [0.25, 0.3) is 0 Å². The van der Waals surface area contributed by atoms with Gasteiger partial charge < -0.3 is 5.11 Å². The van der Waals surface area contributed by atoms with Crippen LogP contribution in [-0.2, 0) is 13.0 Å². The molecule has 2 aromatic rings. The lowest BCUT2D eigenvalue weighted by Crippen LogP contribution is -2.31. The Kier molecular flexibility index (Phi) is 4.81. The average molecular weight is 274 g/mol. The Hall–Kier alpha value is -1.35. The van der Waals surface area contributed by atoms with Gasteiger partial charge in [-0.25, -0.2) is 0 Å². The summed E-state index contributed by atoms with van der Waals surface area (Å²) in [6, 6.07) is 8.31. The first-order valence-corrected chi connectivity index (χ1v) is 7.80. The van der Waals surface area contributed by atoms with Crippen LogP contribution in [0.1, 0.15) is 52.1 Å². The summed E-state index contributed by atoms with van der Waals surface area (Å²) in [6.07, 6.45) is 4.34. The Bertz CT molecular complexity index is 553. The summed E-state index contributed by atoms with van der Waals surface area (Å²) in [4.78, 5) is 0. The summed E-state index contributed by atoms with van der Waals surface area (Å²) >= 11 is 0. The van der Waals surface area contributed by atoms with Crippen molar-refractivity contribution < 1.29 is 5.11 Å². The fraction of sp³-hybridized carbons (Fsp3) is 0.588. The molecule has 1 N–H and O–H groups in total. The van der Waals surface area contributed by atoms with Crippen LogP contribution < -0.4 is 0 Å². The van der Waals surface area contributed by atoms with Crippen molar-refractivity contribution in [3.63, 3.8) is 0 Å². The minimum atomic E-state index is -0.612. The lowest BCUT2D eigenvalue weighted by Gasteiger charge is -2.26. The van der Waals surface area contributed by atoms with Crippen LogP contribution in [0, 0.1) is 0 Å². The third-order valence-electron chi connectivity index (χ3n) is 3.96. The minimum Gasteiger partial charge on any atom is -0.389 e. The van der Waals surface area contributed by atoms with E-state index in [-0.39, 0.29) is 0 Å². The lowest BCUT2D eigenvalue weighted by molar-refractivity contribution is 0.0209. The Morgan fingerprint density at radius 3 is 2.35 bits per heavy atom. The molecule has 0 aliphatic rings. The maximum atomic E-state index is 10.9. The van der Waals surface area contributed by atoms with E-state index < -0.39 is 5.60 Å². The molecule has 0 bridgehead atoms. The van der Waals surface area contributed by atoms with Gasteiger partial charge in [0.05, 0.1) is 16.8 Å². The maximum absolute atomic E-state index is 10.9. The maximum Gasteiger partial charge on any atom is 0.0731 e. The van der Waals surface area contributed by atoms with Crippen LogP contribution in [-0.4, -0.2) is 20.5 Å². The van der Waals surface area contributed by atoms with Crippen LogP contribution in [0.5, 0.6) is 0 Å². The van der Waals surface area contributed by atoms with Crippen molar-refractivity contribution in [3.05, 3.63) is 30.0 Å². The largest absolute Gasteiger partial charge is 0.389 e. The minimum absolute atomic E-state index is 0.612. The molecule has 0 amide bonds. The molecule has 110 valence electrons. The van der Waals surface area contributed by atoms with Gasteiger partial charge in [-0.2, -0.15) is 5.10 Å². The normalized spacial score (nSPS) is 12.2. The van der Waals surface area contributed by atoms with Crippen LogP contribution >= 0.6 is 0 Å². The number of hydrogen-bond donors (Lipinski definition) is 1. The number of rotatable bonds is 7. The van der Waals surface area contributed by atoms with E-state index in [1.54, 1.807) is 0 Å². The summed E-state index contributed by atoms with van der Waals surface area (Å²) in [5.74, 6) is 0. The van der Waals surface area contributed by atoms with Gasteiger partial charge >= 0.3 is 0 Å². The van der Waals surface area contributed by atoms with Gasteiger partial charge in [-0.1, -0.05) is 44.9 Å². The summed E-state index contributed by atoms with van der Waals surface area (Å²) < 4.78 is 2.03. The van der Waals surface area contributed by atoms with E-state index in [1.165, 1.54) is 10.9 Å². The van der Waals surface area contributed by atoms with Crippen molar-refractivity contribution in [2.45, 2.75) is 65.0 Å². The highest BCUT2D eigenvalue weighted by Gasteiger charge is 2.27. The summed E-state index contributed by atoms with van der Waals surface area (Å²) in [7, 11) is 0. The first kappa shape index (κ1) is 15.0. The van der Waals surface area contributed by atoms with Crippen molar-refractivity contribution >= 4 is 10.9 Å². The zero-order valence-electron chi connectivity index (χ0n) is 12.9. The molecule has 3 nitrogen and oxygen atoms in total. The third-order valence-corrected chi connectivity index (χ3v) is 3.96. The molecule has 20 heavy (non-hydrogen) atoms. The molecule has 0 fully saturated rings. The molecule has 0 radical (unpaired) electrons. The van der Waals surface area contributed by atoms with Gasteiger partial charge in [0, 0.05) is 18.4 Å². The first-order chi connectivity index (χ1) is 9.63. The van der Waals surface area contributed by atoms with Gasteiger partial charge in [-0.05, 0) is 25.8 Å². The van der Waals surface area contributed by atoms with Crippen LogP contribution in [0.25, 0.3) is 10.9 Å². The van der Waals surface area contributed by atoms with E-state index in [4.69, 9.17) is 5.10 Å². The SMILES string of the molecule is CCCC(O)(CCC)Cc1nn(CC)c2ccccc12. The highest BCUT2D eigenvalue weighted by atomic mass is 16.3. The molecule has 1 aromatic heterocycles. The van der Waals surface area contributed by atoms with Crippen molar-refractivity contribution in [1.82, 2.24) is 9.78 Å². The summed E-state index contributed by atoms with van der Waals surface area (Å²) in [5, 5.41) is 16.8. The summed E-state index contributed by atoms with van der Waals surface area (Å²) in [6.45, 7) is 7.22. The van der Waals surface area contributed by atoms with Crippen molar-refractivity contribution in [3.8, 4) is 0 Å². The predicted octanol–water partition coefficient (Wildman–Crippen LogP) is 3.93. The van der Waals surface area contributed by atoms with Gasteiger partial charge in [0.15, 0.2) is 0 Å². The van der Waals surface area contributed by atoms with Crippen LogP contribution in [0.3, 0.4) is 0 Å². The molecule has 0 saturated heterocycles. The second kappa shape index (κ2) is 6.40. The van der Waals surface area contributed by atoms with E-state index in [9.17, 15) is 5.11 Å². The standard InChI is InChI=1S/C17H26N2O/c1-4-11-17(20,12-5-2)13-15-14-9-7-8-10-16(14)19(6-3)18-15/h7-10,20H,4-6,11-13H2,1-3H3. The van der Waals surface area contributed by atoms with Gasteiger partial charge in [-0.15, -0.1) is 0 Å². The van der Waals surface area contributed by atoms with E-state index >= 15 is 0 Å². The van der Waals surface area contributed by atoms with Gasteiger partial charge in [0.1, 0.15) is 0 Å². The number of nitrogens with zero attached hydrogens (tertiary/aromatic N) is 2. The number of fused-ring (bicyclic) bond motifs is 1.